The molecule has 0 saturated carbocycles. The molecule has 0 radical (unpaired) electrons. The Hall–Kier alpha value is -2.04. The van der Waals surface area contributed by atoms with E-state index >= 15 is 0 Å². The smallest absolute Gasteiger partial charge is 0.331 e. The summed E-state index contributed by atoms with van der Waals surface area (Å²) >= 11 is 2.84. The van der Waals surface area contributed by atoms with Crippen molar-refractivity contribution in [2.75, 3.05) is 12.9 Å². The minimum absolute atomic E-state index is 0.210. The van der Waals surface area contributed by atoms with Crippen LogP contribution in [0.3, 0.4) is 0 Å². The van der Waals surface area contributed by atoms with Crippen LogP contribution in [0.1, 0.15) is 5.01 Å². The van der Waals surface area contributed by atoms with Crippen LogP contribution >= 0.6 is 23.1 Å². The number of esters is 1. The summed E-state index contributed by atoms with van der Waals surface area (Å²) in [4.78, 5) is 19.9. The molecule has 2 heterocycles. The largest absolute Gasteiger partial charge is 0.508 e. The lowest BCUT2D eigenvalue weighted by atomic mass is 10.3. The topological polar surface area (TPSA) is 71.8 Å². The van der Waals surface area contributed by atoms with Gasteiger partial charge in [-0.25, -0.2) is 9.78 Å². The number of ether oxygens (including phenoxy) is 1. The number of phenols is 1. The number of nitrogens with zero attached hydrogens (tertiary/aromatic N) is 2. The van der Waals surface area contributed by atoms with Crippen LogP contribution in [0.5, 0.6) is 5.75 Å². The first-order valence-corrected chi connectivity index (χ1v) is 7.86. The van der Waals surface area contributed by atoms with Crippen LogP contribution in [0, 0.1) is 11.8 Å². The van der Waals surface area contributed by atoms with Gasteiger partial charge in [0.05, 0.1) is 17.3 Å². The molecule has 1 aromatic heterocycles. The van der Waals surface area contributed by atoms with E-state index in [9.17, 15) is 9.90 Å². The third-order valence-electron chi connectivity index (χ3n) is 2.77. The molecule has 0 spiro atoms. The van der Waals surface area contributed by atoms with Gasteiger partial charge in [-0.3, -0.25) is 4.99 Å². The zero-order chi connectivity index (χ0) is 14.8. The number of rotatable bonds is 1. The van der Waals surface area contributed by atoms with Gasteiger partial charge >= 0.3 is 5.97 Å². The van der Waals surface area contributed by atoms with Crippen molar-refractivity contribution in [3.63, 3.8) is 0 Å². The SMILES string of the molecule is COC(=O)[C@H]1CSC(C#Cc2nc3ccc(O)cc3s2)=N1. The standard InChI is InChI=1S/C14H10N2O3S2/c1-19-14(18)10-7-20-12(16-10)4-5-13-15-9-3-2-8(17)6-11(9)21-13/h2-3,6,10,17H,7H2,1H3/t10-/m1/s1. The van der Waals surface area contributed by atoms with Crippen molar-refractivity contribution in [2.24, 2.45) is 4.99 Å². The summed E-state index contributed by atoms with van der Waals surface area (Å²) < 4.78 is 5.54. The molecule has 1 aromatic carbocycles. The van der Waals surface area contributed by atoms with E-state index in [4.69, 9.17) is 0 Å². The van der Waals surface area contributed by atoms with E-state index in [-0.39, 0.29) is 11.7 Å². The second kappa shape index (κ2) is 5.76. The maximum absolute atomic E-state index is 11.4. The highest BCUT2D eigenvalue weighted by molar-refractivity contribution is 8.14. The summed E-state index contributed by atoms with van der Waals surface area (Å²) in [5.41, 5.74) is 0.801. The van der Waals surface area contributed by atoms with Crippen LogP contribution in [0.2, 0.25) is 0 Å². The van der Waals surface area contributed by atoms with E-state index in [1.165, 1.54) is 30.2 Å². The lowest BCUT2D eigenvalue weighted by Gasteiger charge is -2.00. The molecule has 0 amide bonds. The fourth-order valence-corrected chi connectivity index (χ4v) is 3.48. The van der Waals surface area contributed by atoms with Gasteiger partial charge in [0.15, 0.2) is 11.0 Å². The van der Waals surface area contributed by atoms with Crippen molar-refractivity contribution in [3.8, 4) is 17.6 Å². The summed E-state index contributed by atoms with van der Waals surface area (Å²) in [7, 11) is 1.35. The zero-order valence-electron chi connectivity index (χ0n) is 11.0. The first kappa shape index (κ1) is 13.9. The Morgan fingerprint density at radius 2 is 2.33 bits per heavy atom. The number of aliphatic imine (C=N–C) groups is 1. The van der Waals surface area contributed by atoms with Gasteiger partial charge in [0.1, 0.15) is 10.8 Å². The number of hydrogen-bond donors (Lipinski definition) is 1. The Morgan fingerprint density at radius 1 is 1.48 bits per heavy atom. The number of aromatic hydroxyl groups is 1. The molecule has 21 heavy (non-hydrogen) atoms. The van der Waals surface area contributed by atoms with Crippen molar-refractivity contribution in [3.05, 3.63) is 23.2 Å². The van der Waals surface area contributed by atoms with Crippen LogP contribution in [0.25, 0.3) is 10.2 Å². The number of benzene rings is 1. The van der Waals surface area contributed by atoms with Crippen LogP contribution < -0.4 is 0 Å². The van der Waals surface area contributed by atoms with Gasteiger partial charge in [-0.15, -0.1) is 11.3 Å². The summed E-state index contributed by atoms with van der Waals surface area (Å²) in [5.74, 6) is 6.30. The molecule has 0 unspecified atom stereocenters. The van der Waals surface area contributed by atoms with Crippen molar-refractivity contribution in [2.45, 2.75) is 6.04 Å². The maximum atomic E-state index is 11.4. The average molecular weight is 318 g/mol. The highest BCUT2D eigenvalue weighted by Crippen LogP contribution is 2.25. The lowest BCUT2D eigenvalue weighted by Crippen LogP contribution is -2.19. The predicted octanol–water partition coefficient (Wildman–Crippen LogP) is 2.04. The van der Waals surface area contributed by atoms with E-state index in [1.807, 2.05) is 0 Å². The minimum atomic E-state index is -0.461. The number of phenolic OH excluding ortho intramolecular Hbond substituents is 1. The van der Waals surface area contributed by atoms with Gasteiger partial charge in [0.25, 0.3) is 0 Å². The van der Waals surface area contributed by atoms with E-state index in [2.05, 4.69) is 26.6 Å². The molecular formula is C14H10N2O3S2. The summed E-state index contributed by atoms with van der Waals surface area (Å²) in [5, 5.41) is 10.7. The quantitative estimate of drug-likeness (QED) is 0.643. The predicted molar refractivity (Wildman–Crippen MR) is 83.9 cm³/mol. The number of fused-ring (bicyclic) bond motifs is 1. The van der Waals surface area contributed by atoms with E-state index < -0.39 is 6.04 Å². The Kier molecular flexibility index (Phi) is 3.82. The molecule has 1 N–H and O–H groups in total. The van der Waals surface area contributed by atoms with E-state index in [0.717, 1.165) is 10.2 Å². The molecule has 0 aliphatic carbocycles. The monoisotopic (exact) mass is 318 g/mol. The Labute approximate surface area is 129 Å². The molecule has 0 bridgehead atoms. The number of aromatic nitrogens is 1. The van der Waals surface area contributed by atoms with Gasteiger partial charge in [-0.2, -0.15) is 0 Å². The number of carbonyl (C=O) groups is 1. The van der Waals surface area contributed by atoms with Gasteiger partial charge in [-0.05, 0) is 30.0 Å². The van der Waals surface area contributed by atoms with Crippen molar-refractivity contribution in [1.29, 1.82) is 0 Å². The number of hydrogen-bond acceptors (Lipinski definition) is 7. The molecule has 2 aromatic rings. The van der Waals surface area contributed by atoms with Gasteiger partial charge in [0, 0.05) is 5.75 Å². The second-order valence-electron chi connectivity index (χ2n) is 4.21. The van der Waals surface area contributed by atoms with E-state index in [0.29, 0.717) is 15.8 Å². The number of methoxy groups -OCH3 is 1. The highest BCUT2D eigenvalue weighted by Gasteiger charge is 2.24. The molecule has 106 valence electrons. The van der Waals surface area contributed by atoms with Crippen molar-refractivity contribution >= 4 is 44.3 Å². The van der Waals surface area contributed by atoms with E-state index in [1.54, 1.807) is 18.2 Å². The first-order chi connectivity index (χ1) is 10.2. The number of thiazole rings is 1. The molecule has 7 heteroatoms. The molecule has 5 nitrogen and oxygen atoms in total. The van der Waals surface area contributed by atoms with Crippen LogP contribution in [0.4, 0.5) is 0 Å². The second-order valence-corrected chi connectivity index (χ2v) is 6.24. The maximum Gasteiger partial charge on any atom is 0.331 e. The summed E-state index contributed by atoms with van der Waals surface area (Å²) in [6.07, 6.45) is 0. The molecule has 0 fully saturated rings. The van der Waals surface area contributed by atoms with Crippen LogP contribution in [-0.2, 0) is 9.53 Å². The van der Waals surface area contributed by atoms with Gasteiger partial charge < -0.3 is 9.84 Å². The molecule has 1 aliphatic heterocycles. The van der Waals surface area contributed by atoms with Crippen LogP contribution in [-0.4, -0.2) is 40.0 Å². The summed E-state index contributed by atoms with van der Waals surface area (Å²) in [6.45, 7) is 0. The number of carbonyl (C=O) groups excluding carboxylic acids is 1. The number of thioether (sulfide) groups is 1. The Bertz CT molecular complexity index is 801. The fourth-order valence-electron chi connectivity index (χ4n) is 1.77. The zero-order valence-corrected chi connectivity index (χ0v) is 12.6. The average Bonchev–Trinajstić information content (AvgIpc) is 3.10. The highest BCUT2D eigenvalue weighted by atomic mass is 32.2. The normalized spacial score (nSPS) is 17.2. The minimum Gasteiger partial charge on any atom is -0.508 e. The molecule has 3 rings (SSSR count). The van der Waals surface area contributed by atoms with Crippen molar-refractivity contribution < 1.29 is 14.6 Å². The Balaban J connectivity index is 1.82. The Morgan fingerprint density at radius 3 is 3.14 bits per heavy atom. The van der Waals surface area contributed by atoms with Crippen LogP contribution in [0.15, 0.2) is 23.2 Å². The summed E-state index contributed by atoms with van der Waals surface area (Å²) in [6, 6.07) is 4.54. The molecule has 0 saturated heterocycles. The first-order valence-electron chi connectivity index (χ1n) is 6.06. The molecular weight excluding hydrogens is 308 g/mol. The third-order valence-corrected chi connectivity index (χ3v) is 4.67. The lowest BCUT2D eigenvalue weighted by molar-refractivity contribution is -0.141. The fraction of sp³-hybridized carbons (Fsp3) is 0.214. The van der Waals surface area contributed by atoms with Gasteiger partial charge in [0.2, 0.25) is 0 Å². The third kappa shape index (κ3) is 3.01. The molecule has 1 atom stereocenters. The van der Waals surface area contributed by atoms with Gasteiger partial charge in [-0.1, -0.05) is 11.8 Å². The van der Waals surface area contributed by atoms with Crippen molar-refractivity contribution in [1.82, 2.24) is 4.98 Å². The molecule has 1 aliphatic rings.